The summed E-state index contributed by atoms with van der Waals surface area (Å²) in [6, 6.07) is 6.85. The van der Waals surface area contributed by atoms with Gasteiger partial charge in [-0.15, -0.1) is 11.3 Å². The summed E-state index contributed by atoms with van der Waals surface area (Å²) in [6.45, 7) is 3.41. The maximum absolute atomic E-state index is 12.2. The van der Waals surface area contributed by atoms with Crippen molar-refractivity contribution in [3.8, 4) is 0 Å². The van der Waals surface area contributed by atoms with Crippen molar-refractivity contribution in [3.05, 3.63) is 35.3 Å². The highest BCUT2D eigenvalue weighted by molar-refractivity contribution is 7.94. The molecule has 2 aromatic rings. The van der Waals surface area contributed by atoms with Crippen LogP contribution < -0.4 is 10.0 Å². The quantitative estimate of drug-likeness (QED) is 0.835. The standard InChI is InChI=1S/C15H19N3O3S2/c1-11-4-7-15(22-11)23(19,20)18-12-5-6-14(16-9-12)17-10-13-3-2-8-21-13/h4-7,9,13,18H,2-3,8,10H2,1H3,(H,16,17). The lowest BCUT2D eigenvalue weighted by Gasteiger charge is -2.11. The number of pyridine rings is 1. The van der Waals surface area contributed by atoms with Crippen molar-refractivity contribution in [2.75, 3.05) is 23.2 Å². The summed E-state index contributed by atoms with van der Waals surface area (Å²) in [5, 5.41) is 3.20. The molecule has 3 rings (SSSR count). The van der Waals surface area contributed by atoms with Gasteiger partial charge in [-0.25, -0.2) is 13.4 Å². The van der Waals surface area contributed by atoms with Gasteiger partial charge in [0, 0.05) is 18.0 Å². The molecule has 2 N–H and O–H groups in total. The lowest BCUT2D eigenvalue weighted by Crippen LogP contribution is -2.19. The fraction of sp³-hybridized carbons (Fsp3) is 0.400. The Labute approximate surface area is 140 Å². The minimum Gasteiger partial charge on any atom is -0.376 e. The summed E-state index contributed by atoms with van der Waals surface area (Å²) in [5.41, 5.74) is 0.443. The molecule has 6 nitrogen and oxygen atoms in total. The Kier molecular flexibility index (Phi) is 4.84. The topological polar surface area (TPSA) is 80.3 Å². The second kappa shape index (κ2) is 6.86. The molecule has 1 unspecified atom stereocenters. The second-order valence-corrected chi connectivity index (χ2v) is 8.62. The average Bonchev–Trinajstić information content (AvgIpc) is 3.18. The summed E-state index contributed by atoms with van der Waals surface area (Å²) in [4.78, 5) is 5.19. The molecule has 0 aromatic carbocycles. The lowest BCUT2D eigenvalue weighted by molar-refractivity contribution is 0.120. The summed E-state index contributed by atoms with van der Waals surface area (Å²) in [6.07, 6.45) is 3.90. The zero-order chi connectivity index (χ0) is 16.3. The first-order valence-electron chi connectivity index (χ1n) is 7.44. The molecule has 3 heterocycles. The highest BCUT2D eigenvalue weighted by Crippen LogP contribution is 2.23. The van der Waals surface area contributed by atoms with Gasteiger partial charge < -0.3 is 10.1 Å². The van der Waals surface area contributed by atoms with Crippen LogP contribution in [-0.2, 0) is 14.8 Å². The number of hydrogen-bond donors (Lipinski definition) is 2. The average molecular weight is 353 g/mol. The lowest BCUT2D eigenvalue weighted by atomic mass is 10.2. The molecule has 8 heteroatoms. The minimum absolute atomic E-state index is 0.233. The number of sulfonamides is 1. The van der Waals surface area contributed by atoms with Crippen LogP contribution in [0, 0.1) is 6.92 Å². The Morgan fingerprint density at radius 2 is 2.22 bits per heavy atom. The predicted octanol–water partition coefficient (Wildman–Crippen LogP) is 2.84. The number of thiophene rings is 1. The van der Waals surface area contributed by atoms with Crippen LogP contribution in [0.3, 0.4) is 0 Å². The van der Waals surface area contributed by atoms with Gasteiger partial charge in [0.2, 0.25) is 0 Å². The Morgan fingerprint density at radius 3 is 2.83 bits per heavy atom. The monoisotopic (exact) mass is 353 g/mol. The van der Waals surface area contributed by atoms with E-state index in [0.29, 0.717) is 22.3 Å². The zero-order valence-corrected chi connectivity index (χ0v) is 14.4. The predicted molar refractivity (Wildman–Crippen MR) is 91.6 cm³/mol. The van der Waals surface area contributed by atoms with Gasteiger partial charge in [-0.2, -0.15) is 0 Å². The third kappa shape index (κ3) is 4.21. The SMILES string of the molecule is Cc1ccc(S(=O)(=O)Nc2ccc(NCC3CCCO3)nc2)s1. The van der Waals surface area contributed by atoms with Gasteiger partial charge >= 0.3 is 0 Å². The Hall–Kier alpha value is -1.64. The summed E-state index contributed by atoms with van der Waals surface area (Å²) < 4.78 is 32.9. The van der Waals surface area contributed by atoms with E-state index in [1.54, 1.807) is 24.3 Å². The molecule has 0 aliphatic carbocycles. The van der Waals surface area contributed by atoms with Gasteiger partial charge in [0.25, 0.3) is 10.0 Å². The minimum atomic E-state index is -3.54. The molecule has 1 aliphatic rings. The van der Waals surface area contributed by atoms with Crippen molar-refractivity contribution >= 4 is 32.9 Å². The van der Waals surface area contributed by atoms with Crippen LogP contribution in [0.2, 0.25) is 0 Å². The molecule has 2 aromatic heterocycles. The number of aromatic nitrogens is 1. The number of nitrogens with one attached hydrogen (secondary N) is 2. The van der Waals surface area contributed by atoms with E-state index in [-0.39, 0.29) is 6.10 Å². The smallest absolute Gasteiger partial charge is 0.271 e. The Morgan fingerprint density at radius 1 is 1.35 bits per heavy atom. The van der Waals surface area contributed by atoms with E-state index >= 15 is 0 Å². The highest BCUT2D eigenvalue weighted by Gasteiger charge is 2.17. The fourth-order valence-electron chi connectivity index (χ4n) is 2.34. The highest BCUT2D eigenvalue weighted by atomic mass is 32.2. The van der Waals surface area contributed by atoms with Gasteiger partial charge in [-0.05, 0) is 44.0 Å². The molecule has 1 aliphatic heterocycles. The normalized spacial score (nSPS) is 18.0. The number of nitrogens with zero attached hydrogens (tertiary/aromatic N) is 1. The van der Waals surface area contributed by atoms with Crippen molar-refractivity contribution in [2.45, 2.75) is 30.1 Å². The van der Waals surface area contributed by atoms with Crippen LogP contribution in [0.1, 0.15) is 17.7 Å². The molecule has 1 saturated heterocycles. The summed E-state index contributed by atoms with van der Waals surface area (Å²) in [5.74, 6) is 0.704. The number of aryl methyl sites for hydroxylation is 1. The van der Waals surface area contributed by atoms with Crippen LogP contribution in [0.25, 0.3) is 0 Å². The molecular formula is C15H19N3O3S2. The van der Waals surface area contributed by atoms with Gasteiger partial charge in [0.05, 0.1) is 18.0 Å². The van der Waals surface area contributed by atoms with Gasteiger partial charge in [-0.3, -0.25) is 4.72 Å². The van der Waals surface area contributed by atoms with E-state index in [0.717, 1.165) is 24.3 Å². The number of ether oxygens (including phenoxy) is 1. The van der Waals surface area contributed by atoms with E-state index in [4.69, 9.17) is 4.74 Å². The first kappa shape index (κ1) is 16.2. The van der Waals surface area contributed by atoms with Crippen molar-refractivity contribution in [2.24, 2.45) is 0 Å². The third-order valence-electron chi connectivity index (χ3n) is 3.53. The molecule has 1 atom stereocenters. The van der Waals surface area contributed by atoms with E-state index < -0.39 is 10.0 Å². The van der Waals surface area contributed by atoms with Gasteiger partial charge in [-0.1, -0.05) is 0 Å². The van der Waals surface area contributed by atoms with E-state index in [9.17, 15) is 8.42 Å². The van der Waals surface area contributed by atoms with E-state index in [1.807, 2.05) is 6.92 Å². The van der Waals surface area contributed by atoms with Crippen LogP contribution in [-0.4, -0.2) is 32.7 Å². The van der Waals surface area contributed by atoms with Crippen LogP contribution in [0.4, 0.5) is 11.5 Å². The maximum atomic E-state index is 12.2. The molecule has 0 bridgehead atoms. The first-order chi connectivity index (χ1) is 11.0. The molecule has 1 fully saturated rings. The summed E-state index contributed by atoms with van der Waals surface area (Å²) >= 11 is 1.24. The van der Waals surface area contributed by atoms with Crippen molar-refractivity contribution in [1.82, 2.24) is 4.98 Å². The van der Waals surface area contributed by atoms with E-state index in [1.165, 1.54) is 17.5 Å². The number of anilines is 2. The Balaban J connectivity index is 1.60. The molecule has 0 saturated carbocycles. The van der Waals surface area contributed by atoms with Crippen molar-refractivity contribution in [1.29, 1.82) is 0 Å². The maximum Gasteiger partial charge on any atom is 0.271 e. The van der Waals surface area contributed by atoms with E-state index in [2.05, 4.69) is 15.0 Å². The van der Waals surface area contributed by atoms with Crippen LogP contribution >= 0.6 is 11.3 Å². The molecule has 124 valence electrons. The Bertz CT molecular complexity index is 751. The molecule has 0 spiro atoms. The summed E-state index contributed by atoms with van der Waals surface area (Å²) in [7, 11) is -3.54. The largest absolute Gasteiger partial charge is 0.376 e. The molecule has 0 amide bonds. The molecule has 0 radical (unpaired) electrons. The molecular weight excluding hydrogens is 334 g/mol. The second-order valence-electron chi connectivity index (χ2n) is 5.42. The zero-order valence-electron chi connectivity index (χ0n) is 12.8. The number of rotatable bonds is 6. The van der Waals surface area contributed by atoms with Crippen LogP contribution in [0.15, 0.2) is 34.7 Å². The molecule has 23 heavy (non-hydrogen) atoms. The van der Waals surface area contributed by atoms with Gasteiger partial charge in [0.1, 0.15) is 10.0 Å². The van der Waals surface area contributed by atoms with Gasteiger partial charge in [0.15, 0.2) is 0 Å². The first-order valence-corrected chi connectivity index (χ1v) is 9.74. The van der Waals surface area contributed by atoms with Crippen molar-refractivity contribution in [3.63, 3.8) is 0 Å². The fourth-order valence-corrected chi connectivity index (χ4v) is 4.67. The number of hydrogen-bond acceptors (Lipinski definition) is 6. The third-order valence-corrected chi connectivity index (χ3v) is 6.40. The van der Waals surface area contributed by atoms with Crippen LogP contribution in [0.5, 0.6) is 0 Å². The van der Waals surface area contributed by atoms with Crippen molar-refractivity contribution < 1.29 is 13.2 Å².